The highest BCUT2D eigenvalue weighted by Gasteiger charge is 2.35. The van der Waals surface area contributed by atoms with Gasteiger partial charge in [-0.3, -0.25) is 4.79 Å². The van der Waals surface area contributed by atoms with Gasteiger partial charge in [-0.2, -0.15) is 0 Å². The average Bonchev–Trinajstić information content (AvgIpc) is 3.45. The van der Waals surface area contributed by atoms with Gasteiger partial charge in [-0.1, -0.05) is 42.5 Å². The van der Waals surface area contributed by atoms with Gasteiger partial charge in [0.2, 0.25) is 15.9 Å². The number of nitrogens with two attached hydrogens (primary N) is 1. The number of anilines is 1. The number of nitrogens with zero attached hydrogens (tertiary/aromatic N) is 1. The number of amides is 1. The second-order valence-corrected chi connectivity index (χ2v) is 10.3. The standard InChI is InChI=1S/C26H24N2O5S/c27-34(31,32)23-9-8-18-10-11-28(24(18)15-23)25(29)22-12-19-6-7-20(13-21(19)14-22)26(30)33-16-17-4-2-1-3-5-17/h1-9,13,15,22H,10-12,14,16H2,(H2,27,31,32)/t22-/m1/s1. The molecule has 3 aromatic carbocycles. The van der Waals surface area contributed by atoms with E-state index in [9.17, 15) is 18.0 Å². The van der Waals surface area contributed by atoms with Gasteiger partial charge in [0.15, 0.2) is 0 Å². The van der Waals surface area contributed by atoms with Crippen molar-refractivity contribution in [1.29, 1.82) is 0 Å². The first-order valence-corrected chi connectivity index (χ1v) is 12.6. The van der Waals surface area contributed by atoms with Crippen molar-refractivity contribution in [3.63, 3.8) is 0 Å². The van der Waals surface area contributed by atoms with Gasteiger partial charge in [0.1, 0.15) is 6.61 Å². The van der Waals surface area contributed by atoms with Gasteiger partial charge in [0.25, 0.3) is 0 Å². The minimum atomic E-state index is -3.85. The molecule has 1 atom stereocenters. The molecule has 7 nitrogen and oxygen atoms in total. The van der Waals surface area contributed by atoms with Crippen LogP contribution in [-0.2, 0) is 45.4 Å². The van der Waals surface area contributed by atoms with Crippen molar-refractivity contribution in [3.05, 3.63) is 94.5 Å². The van der Waals surface area contributed by atoms with Gasteiger partial charge >= 0.3 is 5.97 Å². The summed E-state index contributed by atoms with van der Waals surface area (Å²) in [6.07, 6.45) is 1.77. The van der Waals surface area contributed by atoms with Crippen LogP contribution in [0.1, 0.15) is 32.6 Å². The van der Waals surface area contributed by atoms with Crippen molar-refractivity contribution in [2.75, 3.05) is 11.4 Å². The molecule has 0 saturated heterocycles. The second-order valence-electron chi connectivity index (χ2n) is 8.73. The number of rotatable bonds is 5. The number of carbonyl (C=O) groups excluding carboxylic acids is 2. The molecule has 0 spiro atoms. The Balaban J connectivity index is 1.29. The summed E-state index contributed by atoms with van der Waals surface area (Å²) in [6.45, 7) is 0.707. The molecule has 174 valence electrons. The first-order valence-electron chi connectivity index (χ1n) is 11.1. The van der Waals surface area contributed by atoms with Crippen molar-refractivity contribution in [1.82, 2.24) is 0 Å². The Hall–Kier alpha value is -3.49. The van der Waals surface area contributed by atoms with Crippen LogP contribution < -0.4 is 10.0 Å². The van der Waals surface area contributed by atoms with Crippen LogP contribution in [0.4, 0.5) is 5.69 Å². The summed E-state index contributed by atoms with van der Waals surface area (Å²) in [7, 11) is -3.85. The molecule has 0 aromatic heterocycles. The summed E-state index contributed by atoms with van der Waals surface area (Å²) in [6, 6.07) is 19.6. The fourth-order valence-electron chi connectivity index (χ4n) is 4.71. The zero-order valence-electron chi connectivity index (χ0n) is 18.4. The van der Waals surface area contributed by atoms with Crippen LogP contribution in [0, 0.1) is 5.92 Å². The third-order valence-corrected chi connectivity index (χ3v) is 7.39. The van der Waals surface area contributed by atoms with E-state index in [1.807, 2.05) is 42.5 Å². The third-order valence-electron chi connectivity index (χ3n) is 6.48. The summed E-state index contributed by atoms with van der Waals surface area (Å²) in [4.78, 5) is 27.6. The molecule has 3 aromatic rings. The van der Waals surface area contributed by atoms with Gasteiger partial charge in [-0.25, -0.2) is 18.4 Å². The van der Waals surface area contributed by atoms with Crippen LogP contribution in [0.5, 0.6) is 0 Å². The fourth-order valence-corrected chi connectivity index (χ4v) is 5.25. The van der Waals surface area contributed by atoms with E-state index in [1.165, 1.54) is 12.1 Å². The van der Waals surface area contributed by atoms with Gasteiger partial charge < -0.3 is 9.64 Å². The number of sulfonamides is 1. The van der Waals surface area contributed by atoms with E-state index in [2.05, 4.69) is 0 Å². The van der Waals surface area contributed by atoms with Crippen LogP contribution in [-0.4, -0.2) is 26.8 Å². The number of hydrogen-bond donors (Lipinski definition) is 1. The summed E-state index contributed by atoms with van der Waals surface area (Å²) >= 11 is 0. The molecule has 1 aliphatic carbocycles. The average molecular weight is 477 g/mol. The molecule has 0 radical (unpaired) electrons. The number of primary sulfonamides is 1. The topological polar surface area (TPSA) is 107 Å². The van der Waals surface area contributed by atoms with Crippen LogP contribution in [0.15, 0.2) is 71.6 Å². The van der Waals surface area contributed by atoms with Crippen molar-refractivity contribution in [2.24, 2.45) is 11.1 Å². The minimum Gasteiger partial charge on any atom is -0.457 e. The predicted octanol–water partition coefficient (Wildman–Crippen LogP) is 3.00. The first-order chi connectivity index (χ1) is 16.3. The normalized spacial score (nSPS) is 16.7. The van der Waals surface area contributed by atoms with Gasteiger partial charge in [-0.05, 0) is 65.8 Å². The Bertz CT molecular complexity index is 1390. The molecule has 1 aliphatic heterocycles. The maximum atomic E-state index is 13.4. The maximum Gasteiger partial charge on any atom is 0.338 e. The SMILES string of the molecule is NS(=O)(=O)c1ccc2c(c1)N(C(=O)[C@@H]1Cc3ccc(C(=O)OCc4ccccc4)cc3C1)CC2. The van der Waals surface area contributed by atoms with Gasteiger partial charge in [-0.15, -0.1) is 0 Å². The largest absolute Gasteiger partial charge is 0.457 e. The van der Waals surface area contributed by atoms with E-state index in [-0.39, 0.29) is 23.3 Å². The maximum absolute atomic E-state index is 13.4. The van der Waals surface area contributed by atoms with Crippen molar-refractivity contribution < 1.29 is 22.7 Å². The highest BCUT2D eigenvalue weighted by Crippen LogP contribution is 2.35. The van der Waals surface area contributed by atoms with E-state index in [0.717, 1.165) is 22.3 Å². The molecule has 34 heavy (non-hydrogen) atoms. The van der Waals surface area contributed by atoms with Crippen molar-refractivity contribution in [2.45, 2.75) is 30.8 Å². The summed E-state index contributed by atoms with van der Waals surface area (Å²) in [5, 5.41) is 5.28. The molecule has 1 heterocycles. The lowest BCUT2D eigenvalue weighted by Gasteiger charge is -2.21. The fraction of sp³-hybridized carbons (Fsp3) is 0.231. The molecule has 0 unspecified atom stereocenters. The molecule has 5 rings (SSSR count). The Morgan fingerprint density at radius 1 is 0.941 bits per heavy atom. The van der Waals surface area contributed by atoms with Gasteiger partial charge in [0, 0.05) is 18.2 Å². The molecule has 2 aliphatic rings. The Morgan fingerprint density at radius 3 is 2.44 bits per heavy atom. The summed E-state index contributed by atoms with van der Waals surface area (Å²) < 4.78 is 29.0. The lowest BCUT2D eigenvalue weighted by Crippen LogP contribution is -2.35. The number of benzene rings is 3. The zero-order valence-corrected chi connectivity index (χ0v) is 19.3. The molecule has 2 N–H and O–H groups in total. The molecule has 0 saturated carbocycles. The number of esters is 1. The number of ether oxygens (including phenoxy) is 1. The van der Waals surface area contributed by atoms with E-state index in [1.54, 1.807) is 17.0 Å². The quantitative estimate of drug-likeness (QED) is 0.570. The van der Waals surface area contributed by atoms with E-state index < -0.39 is 16.0 Å². The Labute approximate surface area is 198 Å². The number of hydrogen-bond acceptors (Lipinski definition) is 5. The molecule has 1 amide bonds. The third kappa shape index (κ3) is 4.34. The lowest BCUT2D eigenvalue weighted by atomic mass is 10.0. The number of fused-ring (bicyclic) bond motifs is 2. The first kappa shape index (κ1) is 22.3. The molecule has 8 heteroatoms. The van der Waals surface area contributed by atoms with Crippen molar-refractivity contribution in [3.8, 4) is 0 Å². The lowest BCUT2D eigenvalue weighted by molar-refractivity contribution is -0.122. The van der Waals surface area contributed by atoms with Gasteiger partial charge in [0.05, 0.1) is 10.5 Å². The monoisotopic (exact) mass is 476 g/mol. The smallest absolute Gasteiger partial charge is 0.338 e. The van der Waals surface area contributed by atoms with Crippen LogP contribution in [0.3, 0.4) is 0 Å². The second kappa shape index (κ2) is 8.70. The van der Waals surface area contributed by atoms with E-state index in [4.69, 9.17) is 9.88 Å². The highest BCUT2D eigenvalue weighted by atomic mass is 32.2. The van der Waals surface area contributed by atoms with Crippen molar-refractivity contribution >= 4 is 27.6 Å². The van der Waals surface area contributed by atoms with Crippen LogP contribution in [0.25, 0.3) is 0 Å². The van der Waals surface area contributed by atoms with E-state index >= 15 is 0 Å². The van der Waals surface area contributed by atoms with Crippen LogP contribution in [0.2, 0.25) is 0 Å². The molecular weight excluding hydrogens is 452 g/mol. The molecule has 0 fully saturated rings. The Morgan fingerprint density at radius 2 is 1.68 bits per heavy atom. The molecular formula is C26H24N2O5S. The zero-order chi connectivity index (χ0) is 23.9. The summed E-state index contributed by atoms with van der Waals surface area (Å²) in [5.74, 6) is -0.713. The molecule has 0 bridgehead atoms. The minimum absolute atomic E-state index is 0.000634. The summed E-state index contributed by atoms with van der Waals surface area (Å²) in [5.41, 5.74) is 4.92. The highest BCUT2D eigenvalue weighted by molar-refractivity contribution is 7.89. The van der Waals surface area contributed by atoms with Crippen LogP contribution >= 0.6 is 0 Å². The number of carbonyl (C=O) groups is 2. The predicted molar refractivity (Wildman–Crippen MR) is 127 cm³/mol. The van der Waals surface area contributed by atoms with E-state index in [0.29, 0.717) is 37.1 Å². The Kier molecular flexibility index (Phi) is 5.71.